The van der Waals surface area contributed by atoms with Crippen LogP contribution in [0.1, 0.15) is 31.5 Å². The van der Waals surface area contributed by atoms with E-state index in [9.17, 15) is 13.2 Å². The maximum atomic E-state index is 11.6. The maximum absolute atomic E-state index is 11.6. The van der Waals surface area contributed by atoms with Gasteiger partial charge in [0.15, 0.2) is 5.25 Å². The van der Waals surface area contributed by atoms with Crippen LogP contribution in [0.15, 0.2) is 10.6 Å². The molecule has 1 heterocycles. The first-order valence-corrected chi connectivity index (χ1v) is 6.45. The van der Waals surface area contributed by atoms with Crippen LogP contribution in [-0.2, 0) is 14.8 Å². The number of nitrogens with zero attached hydrogens (tertiary/aromatic N) is 1. The quantitative estimate of drug-likeness (QED) is 0.796. The Balaban J connectivity index is 2.81. The van der Waals surface area contributed by atoms with Crippen LogP contribution in [0, 0.1) is 6.92 Å². The smallest absolute Gasteiger partial charge is 0.323 e. The summed E-state index contributed by atoms with van der Waals surface area (Å²) >= 11 is 0. The Kier molecular flexibility index (Phi) is 3.89. The molecule has 0 aliphatic heterocycles. The summed E-state index contributed by atoms with van der Waals surface area (Å²) < 4.78 is 30.6. The number of hydrogen-bond acceptors (Lipinski definition) is 5. The van der Waals surface area contributed by atoms with Gasteiger partial charge in [-0.25, -0.2) is 18.1 Å². The Bertz CT molecular complexity index is 507. The highest BCUT2D eigenvalue weighted by Crippen LogP contribution is 2.14. The lowest BCUT2D eigenvalue weighted by atomic mass is 10.4. The monoisotopic (exact) mass is 262 g/mol. The van der Waals surface area contributed by atoms with Crippen molar-refractivity contribution in [3.63, 3.8) is 0 Å². The van der Waals surface area contributed by atoms with Crippen molar-refractivity contribution in [1.82, 2.24) is 9.71 Å². The maximum Gasteiger partial charge on any atom is 0.323 e. The molecule has 7 nitrogen and oxygen atoms in total. The molecule has 0 saturated carbocycles. The summed E-state index contributed by atoms with van der Waals surface area (Å²) in [6, 6.07) is -0.713. The molecule has 0 amide bonds. The summed E-state index contributed by atoms with van der Waals surface area (Å²) in [5, 5.41) is 7.12. The lowest BCUT2D eigenvalue weighted by molar-refractivity contribution is -0.136. The molecular weight excluding hydrogens is 248 g/mol. The lowest BCUT2D eigenvalue weighted by Gasteiger charge is -2.13. The van der Waals surface area contributed by atoms with Crippen molar-refractivity contribution in [3.05, 3.63) is 17.8 Å². The first-order chi connectivity index (χ1) is 7.74. The third-order valence-electron chi connectivity index (χ3n) is 2.16. The molecule has 2 atom stereocenters. The van der Waals surface area contributed by atoms with E-state index < -0.39 is 27.3 Å². The van der Waals surface area contributed by atoms with E-state index in [1.54, 1.807) is 6.92 Å². The van der Waals surface area contributed by atoms with Gasteiger partial charge in [0.05, 0.1) is 12.2 Å². The molecule has 17 heavy (non-hydrogen) atoms. The van der Waals surface area contributed by atoms with Gasteiger partial charge < -0.3 is 9.52 Å². The largest absolute Gasteiger partial charge is 0.480 e. The van der Waals surface area contributed by atoms with Crippen LogP contribution in [0.3, 0.4) is 0 Å². The number of carbonyl (C=O) groups is 1. The minimum atomic E-state index is -3.95. The predicted molar refractivity (Wildman–Crippen MR) is 58.8 cm³/mol. The van der Waals surface area contributed by atoms with Gasteiger partial charge in [-0.2, -0.15) is 0 Å². The van der Waals surface area contributed by atoms with E-state index in [0.29, 0.717) is 5.76 Å². The molecule has 0 aromatic carbocycles. The van der Waals surface area contributed by atoms with Crippen LogP contribution in [0.25, 0.3) is 0 Å². The molecule has 0 radical (unpaired) electrons. The average molecular weight is 262 g/mol. The molecule has 0 aliphatic carbocycles. The standard InChI is InChI=1S/C9H14N2O5S/c1-5-4-10-8(16-5)6(2)11-17(14,15)7(3)9(12)13/h4,6-7,11H,1-3H3,(H,12,13). The van der Waals surface area contributed by atoms with Crippen molar-refractivity contribution in [2.24, 2.45) is 0 Å². The van der Waals surface area contributed by atoms with Crippen LogP contribution in [0.4, 0.5) is 0 Å². The van der Waals surface area contributed by atoms with Crippen LogP contribution in [0.2, 0.25) is 0 Å². The van der Waals surface area contributed by atoms with E-state index >= 15 is 0 Å². The van der Waals surface area contributed by atoms with Crippen molar-refractivity contribution in [3.8, 4) is 0 Å². The van der Waals surface area contributed by atoms with Gasteiger partial charge in [0.2, 0.25) is 15.9 Å². The molecule has 8 heteroatoms. The first-order valence-electron chi connectivity index (χ1n) is 4.90. The number of hydrogen-bond donors (Lipinski definition) is 2. The van der Waals surface area contributed by atoms with Crippen LogP contribution in [-0.4, -0.2) is 29.7 Å². The number of rotatable bonds is 5. The number of carboxylic acids is 1. The SMILES string of the molecule is Cc1cnc(C(C)NS(=O)(=O)C(C)C(=O)O)o1. The number of sulfonamides is 1. The van der Waals surface area contributed by atoms with Crippen LogP contribution in [0.5, 0.6) is 0 Å². The number of nitrogens with one attached hydrogen (secondary N) is 1. The molecule has 1 aromatic heterocycles. The molecule has 1 aromatic rings. The molecule has 96 valence electrons. The number of aromatic nitrogens is 1. The van der Waals surface area contributed by atoms with Crippen molar-refractivity contribution in [2.75, 3.05) is 0 Å². The number of aryl methyl sites for hydroxylation is 1. The second-order valence-corrected chi connectivity index (χ2v) is 5.71. The minimum absolute atomic E-state index is 0.198. The fourth-order valence-electron chi connectivity index (χ4n) is 1.10. The van der Waals surface area contributed by atoms with Gasteiger partial charge >= 0.3 is 5.97 Å². The summed E-state index contributed by atoms with van der Waals surface area (Å²) in [5.74, 6) is -0.658. The van der Waals surface area contributed by atoms with E-state index in [-0.39, 0.29) is 5.89 Å². The highest BCUT2D eigenvalue weighted by Gasteiger charge is 2.30. The summed E-state index contributed by atoms with van der Waals surface area (Å²) in [7, 11) is -3.95. The summed E-state index contributed by atoms with van der Waals surface area (Å²) in [4.78, 5) is 14.5. The Labute approximate surface area is 98.9 Å². The molecule has 0 fully saturated rings. The molecule has 0 spiro atoms. The highest BCUT2D eigenvalue weighted by atomic mass is 32.2. The Morgan fingerprint density at radius 1 is 1.53 bits per heavy atom. The van der Waals surface area contributed by atoms with E-state index in [1.165, 1.54) is 13.1 Å². The molecule has 1 rings (SSSR count). The van der Waals surface area contributed by atoms with Crippen molar-refractivity contribution in [1.29, 1.82) is 0 Å². The Hall–Kier alpha value is -1.41. The number of aliphatic carboxylic acids is 1. The zero-order valence-electron chi connectivity index (χ0n) is 9.67. The van der Waals surface area contributed by atoms with Gasteiger partial charge in [-0.05, 0) is 20.8 Å². The first kappa shape index (κ1) is 13.7. The number of carboxylic acid groups (broad SMARTS) is 1. The van der Waals surface area contributed by atoms with E-state index in [1.807, 2.05) is 0 Å². The minimum Gasteiger partial charge on any atom is -0.480 e. The van der Waals surface area contributed by atoms with Crippen molar-refractivity contribution >= 4 is 16.0 Å². The molecule has 0 aliphatic rings. The molecule has 0 saturated heterocycles. The van der Waals surface area contributed by atoms with Gasteiger partial charge in [-0.3, -0.25) is 4.79 Å². The van der Waals surface area contributed by atoms with E-state index in [4.69, 9.17) is 9.52 Å². The van der Waals surface area contributed by atoms with E-state index in [0.717, 1.165) is 6.92 Å². The van der Waals surface area contributed by atoms with Gasteiger partial charge in [-0.15, -0.1) is 0 Å². The summed E-state index contributed by atoms with van der Waals surface area (Å²) in [6.07, 6.45) is 1.46. The average Bonchev–Trinajstić information content (AvgIpc) is 2.63. The molecular formula is C9H14N2O5S. The second kappa shape index (κ2) is 4.84. The van der Waals surface area contributed by atoms with Crippen molar-refractivity contribution in [2.45, 2.75) is 32.1 Å². The zero-order valence-corrected chi connectivity index (χ0v) is 10.5. The zero-order chi connectivity index (χ0) is 13.2. The fraction of sp³-hybridized carbons (Fsp3) is 0.556. The van der Waals surface area contributed by atoms with Crippen LogP contribution < -0.4 is 4.72 Å². The Morgan fingerprint density at radius 3 is 2.53 bits per heavy atom. The fourth-order valence-corrected chi connectivity index (χ4v) is 2.17. The van der Waals surface area contributed by atoms with Gasteiger partial charge in [0.25, 0.3) is 0 Å². The molecule has 2 unspecified atom stereocenters. The topological polar surface area (TPSA) is 110 Å². The van der Waals surface area contributed by atoms with Crippen molar-refractivity contribution < 1.29 is 22.7 Å². The molecule has 2 N–H and O–H groups in total. The predicted octanol–water partition coefficient (Wildman–Crippen LogP) is 0.437. The normalized spacial score (nSPS) is 15.5. The third kappa shape index (κ3) is 3.27. The van der Waals surface area contributed by atoms with Crippen LogP contribution >= 0.6 is 0 Å². The highest BCUT2D eigenvalue weighted by molar-refractivity contribution is 7.90. The summed E-state index contributed by atoms with van der Waals surface area (Å²) in [5.41, 5.74) is 0. The second-order valence-electron chi connectivity index (χ2n) is 3.67. The summed E-state index contributed by atoms with van der Waals surface area (Å²) in [6.45, 7) is 4.30. The third-order valence-corrected chi connectivity index (χ3v) is 3.98. The van der Waals surface area contributed by atoms with E-state index in [2.05, 4.69) is 9.71 Å². The number of oxazole rings is 1. The van der Waals surface area contributed by atoms with Gasteiger partial charge in [0, 0.05) is 0 Å². The van der Waals surface area contributed by atoms with Gasteiger partial charge in [0.1, 0.15) is 5.76 Å². The lowest BCUT2D eigenvalue weighted by Crippen LogP contribution is -2.38. The van der Waals surface area contributed by atoms with Gasteiger partial charge in [-0.1, -0.05) is 0 Å². The Morgan fingerprint density at radius 2 is 2.12 bits per heavy atom. The molecule has 0 bridgehead atoms.